The molecule has 0 radical (unpaired) electrons. The zero-order valence-electron chi connectivity index (χ0n) is 19.6. The van der Waals surface area contributed by atoms with E-state index in [1.165, 1.54) is 12.8 Å². The normalized spacial score (nSPS) is 15.4. The van der Waals surface area contributed by atoms with Gasteiger partial charge in [-0.3, -0.25) is 0 Å². The van der Waals surface area contributed by atoms with E-state index >= 15 is 0 Å². The summed E-state index contributed by atoms with van der Waals surface area (Å²) in [7, 11) is 0. The average Bonchev–Trinajstić information content (AvgIpc) is 3.23. The van der Waals surface area contributed by atoms with Crippen molar-refractivity contribution in [3.8, 4) is 0 Å². The summed E-state index contributed by atoms with van der Waals surface area (Å²) < 4.78 is 4.03. The van der Waals surface area contributed by atoms with Crippen LogP contribution in [0.25, 0.3) is 0 Å². The topological polar surface area (TPSA) is 242 Å². The van der Waals surface area contributed by atoms with Crippen LogP contribution in [0.3, 0.4) is 0 Å². The summed E-state index contributed by atoms with van der Waals surface area (Å²) in [6.45, 7) is 10.6. The van der Waals surface area contributed by atoms with Crippen molar-refractivity contribution in [3.63, 3.8) is 0 Å². The van der Waals surface area contributed by atoms with E-state index in [9.17, 15) is 10.2 Å². The van der Waals surface area contributed by atoms with E-state index in [-0.39, 0.29) is 42.1 Å². The van der Waals surface area contributed by atoms with Crippen LogP contribution in [0.15, 0.2) is 0 Å². The quantitative estimate of drug-likeness (QED) is 0.217. The predicted octanol–water partition coefficient (Wildman–Crippen LogP) is 0.764. The van der Waals surface area contributed by atoms with Crippen molar-refractivity contribution in [2.24, 2.45) is 0 Å². The van der Waals surface area contributed by atoms with E-state index in [0.717, 1.165) is 51.6 Å². The van der Waals surface area contributed by atoms with Crippen molar-refractivity contribution in [3.05, 3.63) is 30.6 Å². The smallest absolute Gasteiger partial charge is 0.149 e. The number of hydrogen-bond acceptors (Lipinski definition) is 8. The van der Waals surface area contributed by atoms with Gasteiger partial charge in [-0.25, -0.2) is 9.15 Å². The molecule has 0 saturated carbocycles. The third-order valence-corrected chi connectivity index (χ3v) is 4.70. The molecule has 0 unspecified atom stereocenters. The fraction of sp³-hybridized carbons (Fsp3) is 0.889. The van der Waals surface area contributed by atoms with Crippen LogP contribution < -0.4 is 10.2 Å². The van der Waals surface area contributed by atoms with E-state index in [4.69, 9.17) is 30.6 Å². The molecular weight excluding hydrogens is 670 g/mol. The van der Waals surface area contributed by atoms with Gasteiger partial charge in [-0.05, 0) is 26.7 Å². The van der Waals surface area contributed by atoms with Crippen molar-refractivity contribution in [2.45, 2.75) is 91.1 Å². The Balaban J connectivity index is -0.000000113. The molecule has 0 bridgehead atoms. The molecule has 0 spiro atoms. The molecular formula is C18H34N4O10U-6. The molecule has 2 heterocycles. The minimum absolute atomic E-state index is 0. The van der Waals surface area contributed by atoms with Crippen molar-refractivity contribution >= 4 is 11.8 Å². The summed E-state index contributed by atoms with van der Waals surface area (Å²) in [5.41, 5.74) is 0. The number of nitrogens with zero attached hydrogens (tertiary/aromatic N) is 4. The Bertz CT molecular complexity index is 533. The Kier molecular flexibility index (Phi) is 31.4. The summed E-state index contributed by atoms with van der Waals surface area (Å²) in [5, 5.41) is 51.9. The largest absolute Gasteiger partial charge is 2.00 e. The number of hydrogen-bond donors (Lipinski definition) is 0. The monoisotopic (exact) mass is 704 g/mol. The third-order valence-electron chi connectivity index (χ3n) is 4.70. The van der Waals surface area contributed by atoms with E-state index in [0.29, 0.717) is 23.9 Å². The summed E-state index contributed by atoms with van der Waals surface area (Å²) in [4.78, 5) is 16.5. The van der Waals surface area contributed by atoms with Crippen LogP contribution >= 0.6 is 0 Å². The molecule has 2 aliphatic rings. The molecule has 196 valence electrons. The van der Waals surface area contributed by atoms with Gasteiger partial charge < -0.3 is 51.8 Å². The maximum Gasteiger partial charge on any atom is 0.149 e. The first-order valence-corrected chi connectivity index (χ1v) is 10.2. The standard InChI is InChI=1S/2C9H17NO.2NO3.2O.U/c2*1-3-5-8(2)10-7-4-6-9(10)11;2*2-1(3)4;;;/h2*8H,3-7H2,1-2H3;;;;;/q;;2*-1;2*-2;/t2*8-;;;;;/m10...../s1. The molecule has 2 aliphatic heterocycles. The van der Waals surface area contributed by atoms with Crippen LogP contribution in [0.1, 0.15) is 79.1 Å². The summed E-state index contributed by atoms with van der Waals surface area (Å²) in [5.74, 6) is 0.705. The molecule has 14 nitrogen and oxygen atoms in total. The molecule has 0 saturated heterocycles. The van der Waals surface area contributed by atoms with Crippen molar-refractivity contribution in [2.75, 3.05) is 13.1 Å². The summed E-state index contributed by atoms with van der Waals surface area (Å²) in [6, 6.07) is 0.935. The molecule has 2 rings (SSSR count). The van der Waals surface area contributed by atoms with Crippen LogP contribution in [0, 0.1) is 61.8 Å². The van der Waals surface area contributed by atoms with Crippen molar-refractivity contribution < 1.29 is 71.6 Å². The second-order valence-corrected chi connectivity index (χ2v) is 7.10. The van der Waals surface area contributed by atoms with Crippen LogP contribution in [0.5, 0.6) is 0 Å². The van der Waals surface area contributed by atoms with Gasteiger partial charge in [-0.2, -0.15) is 0 Å². The minimum Gasteiger partial charge on any atom is -2.00 e. The molecule has 0 aromatic carbocycles. The molecule has 0 aromatic heterocycles. The van der Waals surface area contributed by atoms with Gasteiger partial charge in [0.05, 0.1) is 10.2 Å². The van der Waals surface area contributed by atoms with E-state index in [1.54, 1.807) is 0 Å². The van der Waals surface area contributed by atoms with Gasteiger partial charge in [-0.15, -0.1) is 0 Å². The average molecular weight is 705 g/mol. The Hall–Kier alpha value is -1.69. The molecule has 15 heteroatoms. The SMILES string of the molecule is CCC[C@@H](C)[N+]1=C([O-])CCC1.CCC[C@H](C)[N+]1=C([O-])CCC1.O=[N+]([O-])[O-].O=[N+]([O-])[O-].[O-2].[O-2].[U]. The Morgan fingerprint density at radius 3 is 1.15 bits per heavy atom. The van der Waals surface area contributed by atoms with Crippen LogP contribution in [0.2, 0.25) is 0 Å². The molecule has 33 heavy (non-hydrogen) atoms. The Morgan fingerprint density at radius 2 is 1.00 bits per heavy atom. The number of rotatable bonds is 6. The van der Waals surface area contributed by atoms with Crippen molar-refractivity contribution in [1.82, 2.24) is 0 Å². The molecule has 0 fully saturated rings. The molecule has 0 aromatic rings. The second-order valence-electron chi connectivity index (χ2n) is 7.10. The fourth-order valence-electron chi connectivity index (χ4n) is 3.42. The second kappa shape index (κ2) is 24.9. The van der Waals surface area contributed by atoms with Crippen LogP contribution in [-0.4, -0.2) is 56.3 Å². The molecule has 0 aliphatic carbocycles. The minimum atomic E-state index is -1.75. The third kappa shape index (κ3) is 23.3. The van der Waals surface area contributed by atoms with Gasteiger partial charge in [-0.1, -0.05) is 13.8 Å². The first-order valence-electron chi connectivity index (χ1n) is 10.2. The molecule has 0 amide bonds. The van der Waals surface area contributed by atoms with Crippen molar-refractivity contribution in [1.29, 1.82) is 0 Å². The van der Waals surface area contributed by atoms with Crippen LogP contribution in [0.4, 0.5) is 0 Å². The predicted molar refractivity (Wildman–Crippen MR) is 110 cm³/mol. The molecule has 2 atom stereocenters. The van der Waals surface area contributed by atoms with Gasteiger partial charge in [0.2, 0.25) is 0 Å². The summed E-state index contributed by atoms with van der Waals surface area (Å²) in [6.07, 6.45) is 8.30. The zero-order valence-corrected chi connectivity index (χ0v) is 23.8. The molecule has 0 N–H and O–H groups in total. The van der Waals surface area contributed by atoms with E-state index in [1.807, 2.05) is 9.15 Å². The first kappa shape index (κ1) is 41.6. The van der Waals surface area contributed by atoms with E-state index in [2.05, 4.69) is 27.7 Å². The first-order chi connectivity index (χ1) is 14.0. The summed E-state index contributed by atoms with van der Waals surface area (Å²) >= 11 is 0. The van der Waals surface area contributed by atoms with Gasteiger partial charge in [0, 0.05) is 69.6 Å². The van der Waals surface area contributed by atoms with Gasteiger partial charge in [0.25, 0.3) is 0 Å². The fourth-order valence-corrected chi connectivity index (χ4v) is 3.42. The van der Waals surface area contributed by atoms with Gasteiger partial charge in [0.1, 0.15) is 37.0 Å². The van der Waals surface area contributed by atoms with Gasteiger partial charge >= 0.3 is 0 Å². The Morgan fingerprint density at radius 1 is 0.758 bits per heavy atom. The maximum absolute atomic E-state index is 11.2. The van der Waals surface area contributed by atoms with Gasteiger partial charge in [0.15, 0.2) is 0 Å². The van der Waals surface area contributed by atoms with Crippen LogP contribution in [-0.2, 0) is 11.0 Å². The van der Waals surface area contributed by atoms with E-state index < -0.39 is 10.2 Å². The Labute approximate surface area is 217 Å². The zero-order chi connectivity index (χ0) is 23.7. The maximum atomic E-state index is 11.2.